The van der Waals surface area contributed by atoms with E-state index in [1.807, 2.05) is 0 Å². The summed E-state index contributed by atoms with van der Waals surface area (Å²) in [7, 11) is 0. The largest absolute Gasteiger partial charge is 0.505 e. The molecule has 0 aromatic heterocycles. The van der Waals surface area contributed by atoms with Gasteiger partial charge < -0.3 is 10.4 Å². The zero-order valence-electron chi connectivity index (χ0n) is 10.4. The van der Waals surface area contributed by atoms with Crippen LogP contribution in [-0.4, -0.2) is 11.0 Å². The van der Waals surface area contributed by atoms with Crippen LogP contribution in [0, 0.1) is 12.7 Å². The first-order valence-electron chi connectivity index (χ1n) is 5.64. The standard InChI is InChI=1S/C14H10Cl2FNO2/c1-7-4-8(17)2-3-10(7)14(20)18-9-5-11(15)13(19)12(16)6-9/h2-6,19H,1H3,(H,18,20). The highest BCUT2D eigenvalue weighted by atomic mass is 35.5. The topological polar surface area (TPSA) is 49.3 Å². The molecule has 20 heavy (non-hydrogen) atoms. The third-order valence-electron chi connectivity index (χ3n) is 2.71. The Balaban J connectivity index is 2.28. The summed E-state index contributed by atoms with van der Waals surface area (Å²) < 4.78 is 13.0. The molecule has 104 valence electrons. The Morgan fingerprint density at radius 2 is 1.80 bits per heavy atom. The number of phenolic OH excluding ortho intramolecular Hbond substituents is 1. The number of halogens is 3. The van der Waals surface area contributed by atoms with Gasteiger partial charge in [-0.15, -0.1) is 0 Å². The summed E-state index contributed by atoms with van der Waals surface area (Å²) in [6.45, 7) is 1.63. The van der Waals surface area contributed by atoms with E-state index in [1.54, 1.807) is 6.92 Å². The number of benzene rings is 2. The van der Waals surface area contributed by atoms with Crippen LogP contribution < -0.4 is 5.32 Å². The van der Waals surface area contributed by atoms with Gasteiger partial charge in [-0.1, -0.05) is 23.2 Å². The van der Waals surface area contributed by atoms with Crippen LogP contribution in [0.1, 0.15) is 15.9 Å². The second-order valence-electron chi connectivity index (χ2n) is 4.20. The molecule has 0 spiro atoms. The summed E-state index contributed by atoms with van der Waals surface area (Å²) in [5.41, 5.74) is 1.19. The molecule has 3 nitrogen and oxygen atoms in total. The number of phenols is 1. The number of amides is 1. The SMILES string of the molecule is Cc1cc(F)ccc1C(=O)Nc1cc(Cl)c(O)c(Cl)c1. The Bertz CT molecular complexity index is 666. The van der Waals surface area contributed by atoms with Crippen molar-refractivity contribution in [1.82, 2.24) is 0 Å². The van der Waals surface area contributed by atoms with E-state index < -0.39 is 11.7 Å². The molecule has 2 N–H and O–H groups in total. The van der Waals surface area contributed by atoms with E-state index in [1.165, 1.54) is 30.3 Å². The van der Waals surface area contributed by atoms with E-state index in [4.69, 9.17) is 23.2 Å². The van der Waals surface area contributed by atoms with Crippen molar-refractivity contribution in [2.24, 2.45) is 0 Å². The number of hydrogen-bond acceptors (Lipinski definition) is 2. The average Bonchev–Trinajstić information content (AvgIpc) is 2.35. The minimum Gasteiger partial charge on any atom is -0.505 e. The zero-order valence-corrected chi connectivity index (χ0v) is 11.9. The minimum absolute atomic E-state index is 0.0311. The highest BCUT2D eigenvalue weighted by Gasteiger charge is 2.12. The van der Waals surface area contributed by atoms with Gasteiger partial charge in [-0.3, -0.25) is 4.79 Å². The fraction of sp³-hybridized carbons (Fsp3) is 0.0714. The highest BCUT2D eigenvalue weighted by Crippen LogP contribution is 2.34. The molecule has 0 aliphatic carbocycles. The molecule has 2 aromatic carbocycles. The first-order valence-corrected chi connectivity index (χ1v) is 6.39. The Kier molecular flexibility index (Phi) is 4.16. The molecule has 2 aromatic rings. The van der Waals surface area contributed by atoms with Crippen LogP contribution in [0.5, 0.6) is 5.75 Å². The van der Waals surface area contributed by atoms with E-state index >= 15 is 0 Å². The Labute approximate surface area is 124 Å². The van der Waals surface area contributed by atoms with Crippen LogP contribution in [0.2, 0.25) is 10.0 Å². The van der Waals surface area contributed by atoms with Crippen molar-refractivity contribution in [2.45, 2.75) is 6.92 Å². The molecule has 0 atom stereocenters. The fourth-order valence-corrected chi connectivity index (χ4v) is 2.21. The fourth-order valence-electron chi connectivity index (χ4n) is 1.72. The summed E-state index contributed by atoms with van der Waals surface area (Å²) >= 11 is 11.5. The lowest BCUT2D eigenvalue weighted by atomic mass is 10.1. The van der Waals surface area contributed by atoms with Crippen molar-refractivity contribution in [3.63, 3.8) is 0 Å². The first-order chi connectivity index (χ1) is 9.38. The maximum Gasteiger partial charge on any atom is 0.255 e. The molecule has 0 heterocycles. The van der Waals surface area contributed by atoms with Gasteiger partial charge in [-0.05, 0) is 42.8 Å². The molecule has 6 heteroatoms. The highest BCUT2D eigenvalue weighted by molar-refractivity contribution is 6.37. The summed E-state index contributed by atoms with van der Waals surface area (Å²) in [6.07, 6.45) is 0. The van der Waals surface area contributed by atoms with Gasteiger partial charge in [0.25, 0.3) is 5.91 Å². The number of aromatic hydroxyl groups is 1. The van der Waals surface area contributed by atoms with Crippen molar-refractivity contribution >= 4 is 34.8 Å². The average molecular weight is 314 g/mol. The summed E-state index contributed by atoms with van der Waals surface area (Å²) in [5, 5.41) is 12.1. The van der Waals surface area contributed by atoms with Crippen molar-refractivity contribution in [3.05, 3.63) is 57.3 Å². The molecule has 2 rings (SSSR count). The monoisotopic (exact) mass is 313 g/mol. The molecular formula is C14H10Cl2FNO2. The van der Waals surface area contributed by atoms with E-state index in [0.717, 1.165) is 0 Å². The Morgan fingerprint density at radius 1 is 1.20 bits per heavy atom. The summed E-state index contributed by atoms with van der Waals surface area (Å²) in [5.74, 6) is -1.07. The quantitative estimate of drug-likeness (QED) is 0.807. The molecule has 0 unspecified atom stereocenters. The predicted octanol–water partition coefficient (Wildman–Crippen LogP) is 4.40. The van der Waals surface area contributed by atoms with Crippen molar-refractivity contribution in [1.29, 1.82) is 0 Å². The number of rotatable bonds is 2. The Morgan fingerprint density at radius 3 is 2.35 bits per heavy atom. The van der Waals surface area contributed by atoms with Crippen LogP contribution >= 0.6 is 23.2 Å². The van der Waals surface area contributed by atoms with Gasteiger partial charge in [-0.2, -0.15) is 0 Å². The molecule has 0 saturated heterocycles. The molecule has 1 amide bonds. The lowest BCUT2D eigenvalue weighted by molar-refractivity contribution is 0.102. The molecule has 0 saturated carbocycles. The Hall–Kier alpha value is -1.78. The van der Waals surface area contributed by atoms with Gasteiger partial charge in [0.1, 0.15) is 5.82 Å². The molecule has 0 radical (unpaired) electrons. The second-order valence-corrected chi connectivity index (χ2v) is 5.02. The third-order valence-corrected chi connectivity index (χ3v) is 3.28. The van der Waals surface area contributed by atoms with Gasteiger partial charge in [-0.25, -0.2) is 4.39 Å². The van der Waals surface area contributed by atoms with Crippen LogP contribution in [0.4, 0.5) is 10.1 Å². The van der Waals surface area contributed by atoms with E-state index in [9.17, 15) is 14.3 Å². The molecule has 0 aliphatic rings. The maximum atomic E-state index is 13.0. The van der Waals surface area contributed by atoms with Crippen LogP contribution in [-0.2, 0) is 0 Å². The predicted molar refractivity (Wildman–Crippen MR) is 77.2 cm³/mol. The maximum absolute atomic E-state index is 13.0. The molecule has 0 fully saturated rings. The zero-order chi connectivity index (χ0) is 14.9. The van der Waals surface area contributed by atoms with Crippen LogP contribution in [0.3, 0.4) is 0 Å². The van der Waals surface area contributed by atoms with Crippen molar-refractivity contribution < 1.29 is 14.3 Å². The number of anilines is 1. The smallest absolute Gasteiger partial charge is 0.255 e. The minimum atomic E-state index is -0.416. The summed E-state index contributed by atoms with van der Waals surface area (Å²) in [6, 6.07) is 6.62. The summed E-state index contributed by atoms with van der Waals surface area (Å²) in [4.78, 5) is 12.1. The van der Waals surface area contributed by atoms with E-state index in [2.05, 4.69) is 5.32 Å². The van der Waals surface area contributed by atoms with E-state index in [0.29, 0.717) is 16.8 Å². The number of carbonyl (C=O) groups is 1. The first kappa shape index (κ1) is 14.6. The lowest BCUT2D eigenvalue weighted by Gasteiger charge is -2.09. The van der Waals surface area contributed by atoms with Gasteiger partial charge in [0.15, 0.2) is 5.75 Å². The van der Waals surface area contributed by atoms with Crippen molar-refractivity contribution in [2.75, 3.05) is 5.32 Å². The number of nitrogens with one attached hydrogen (secondary N) is 1. The van der Waals surface area contributed by atoms with Gasteiger partial charge in [0, 0.05) is 11.3 Å². The van der Waals surface area contributed by atoms with Crippen molar-refractivity contribution in [3.8, 4) is 5.75 Å². The van der Waals surface area contributed by atoms with Crippen LogP contribution in [0.25, 0.3) is 0 Å². The molecule has 0 bridgehead atoms. The number of hydrogen-bond donors (Lipinski definition) is 2. The molecular weight excluding hydrogens is 304 g/mol. The normalized spacial score (nSPS) is 10.4. The third kappa shape index (κ3) is 3.03. The molecule has 0 aliphatic heterocycles. The van der Waals surface area contributed by atoms with Gasteiger partial charge in [0.05, 0.1) is 10.0 Å². The van der Waals surface area contributed by atoms with Gasteiger partial charge >= 0.3 is 0 Å². The van der Waals surface area contributed by atoms with Crippen LogP contribution in [0.15, 0.2) is 30.3 Å². The number of aryl methyl sites for hydroxylation is 1. The van der Waals surface area contributed by atoms with E-state index in [-0.39, 0.29) is 15.8 Å². The van der Waals surface area contributed by atoms with Gasteiger partial charge in [0.2, 0.25) is 0 Å². The second kappa shape index (κ2) is 5.69. The lowest BCUT2D eigenvalue weighted by Crippen LogP contribution is -2.13. The number of carbonyl (C=O) groups excluding carboxylic acids is 1.